The van der Waals surface area contributed by atoms with Gasteiger partial charge in [-0.3, -0.25) is 0 Å². The van der Waals surface area contributed by atoms with Crippen molar-refractivity contribution in [1.29, 1.82) is 0 Å². The van der Waals surface area contributed by atoms with E-state index < -0.39 is 0 Å². The second kappa shape index (κ2) is 9.25. The fraction of sp³-hybridized carbons (Fsp3) is 0.556. The Kier molecular flexibility index (Phi) is 8.01. The second-order valence-electron chi connectivity index (χ2n) is 6.08. The van der Waals surface area contributed by atoms with Crippen molar-refractivity contribution in [2.45, 2.75) is 50.5 Å². The summed E-state index contributed by atoms with van der Waals surface area (Å²) in [5.74, 6) is 1.71. The van der Waals surface area contributed by atoms with Gasteiger partial charge in [-0.15, -0.1) is 18.3 Å². The molecule has 0 fully saturated rings. The molecule has 1 aromatic rings. The molecule has 0 aliphatic rings. The lowest BCUT2D eigenvalue weighted by atomic mass is 10.0. The molecule has 1 nitrogen and oxygen atoms in total. The molecule has 0 saturated heterocycles. The molecule has 0 aliphatic heterocycles. The van der Waals surface area contributed by atoms with Crippen LogP contribution in [-0.2, 0) is 4.74 Å². The molecule has 1 rings (SSSR count). The lowest BCUT2D eigenvalue weighted by Gasteiger charge is -2.19. The molecule has 0 aliphatic carbocycles. The van der Waals surface area contributed by atoms with Gasteiger partial charge in [0.15, 0.2) is 0 Å². The van der Waals surface area contributed by atoms with E-state index >= 15 is 0 Å². The van der Waals surface area contributed by atoms with E-state index in [1.54, 1.807) is 0 Å². The molecule has 1 aromatic carbocycles. The Morgan fingerprint density at radius 2 is 1.90 bits per heavy atom. The number of rotatable bonds is 9. The molecule has 0 unspecified atom stereocenters. The summed E-state index contributed by atoms with van der Waals surface area (Å²) in [6.45, 7) is 11.1. The number of unbranched alkanes of at least 4 members (excludes halogenated alkanes) is 1. The Hall–Kier alpha value is -0.730. The zero-order valence-electron chi connectivity index (χ0n) is 13.1. The highest BCUT2D eigenvalue weighted by molar-refractivity contribution is 7.99. The molecule has 112 valence electrons. The van der Waals surface area contributed by atoms with Crippen molar-refractivity contribution in [2.24, 2.45) is 5.92 Å². The fourth-order valence-electron chi connectivity index (χ4n) is 1.88. The summed E-state index contributed by atoms with van der Waals surface area (Å²) >= 11 is 1.92. The monoisotopic (exact) mass is 292 g/mol. The van der Waals surface area contributed by atoms with E-state index in [9.17, 15) is 0 Å². The topological polar surface area (TPSA) is 9.23 Å². The number of benzene rings is 1. The van der Waals surface area contributed by atoms with Gasteiger partial charge in [0.2, 0.25) is 0 Å². The molecule has 0 radical (unpaired) electrons. The standard InChI is InChI=1S/C18H28OS/c1-5-16(11-9-10-14-19-18(2,3)4)15-20-17-12-7-6-8-13-17/h5-8,12-13,16H,1,9-11,14-15H2,2-4H3/t16-/m0/s1. The SMILES string of the molecule is C=C[C@@H](CCCCOC(C)(C)C)CSc1ccccc1. The van der Waals surface area contributed by atoms with Crippen molar-refractivity contribution < 1.29 is 4.74 Å². The Morgan fingerprint density at radius 1 is 1.20 bits per heavy atom. The van der Waals surface area contributed by atoms with Gasteiger partial charge in [0.25, 0.3) is 0 Å². The minimum atomic E-state index is -0.0129. The Labute approximate surface area is 128 Å². The average molecular weight is 292 g/mol. The fourth-order valence-corrected chi connectivity index (χ4v) is 2.94. The van der Waals surface area contributed by atoms with Crippen LogP contribution in [0.25, 0.3) is 0 Å². The van der Waals surface area contributed by atoms with Gasteiger partial charge in [-0.25, -0.2) is 0 Å². The molecular formula is C18H28OS. The molecule has 20 heavy (non-hydrogen) atoms. The number of hydrogen-bond donors (Lipinski definition) is 0. The molecule has 0 saturated carbocycles. The van der Waals surface area contributed by atoms with Crippen molar-refractivity contribution in [3.8, 4) is 0 Å². The van der Waals surface area contributed by atoms with E-state index in [-0.39, 0.29) is 5.60 Å². The van der Waals surface area contributed by atoms with Crippen molar-refractivity contribution >= 4 is 11.8 Å². The normalized spacial score (nSPS) is 13.2. The number of ether oxygens (including phenoxy) is 1. The van der Waals surface area contributed by atoms with E-state index in [0.29, 0.717) is 5.92 Å². The van der Waals surface area contributed by atoms with E-state index in [4.69, 9.17) is 4.74 Å². The largest absolute Gasteiger partial charge is 0.376 e. The number of thioether (sulfide) groups is 1. The predicted octanol–water partition coefficient (Wildman–Crippen LogP) is 5.57. The van der Waals surface area contributed by atoms with Crippen molar-refractivity contribution in [1.82, 2.24) is 0 Å². The summed E-state index contributed by atoms with van der Waals surface area (Å²) in [7, 11) is 0. The van der Waals surface area contributed by atoms with Crippen LogP contribution in [0.1, 0.15) is 40.0 Å². The van der Waals surface area contributed by atoms with E-state index in [1.807, 2.05) is 11.8 Å². The van der Waals surface area contributed by atoms with Gasteiger partial charge in [0.1, 0.15) is 0 Å². The second-order valence-corrected chi connectivity index (χ2v) is 7.17. The highest BCUT2D eigenvalue weighted by Crippen LogP contribution is 2.23. The third kappa shape index (κ3) is 8.44. The zero-order valence-corrected chi connectivity index (χ0v) is 13.9. The predicted molar refractivity (Wildman–Crippen MR) is 90.4 cm³/mol. The molecule has 0 spiro atoms. The minimum Gasteiger partial charge on any atom is -0.376 e. The first-order valence-corrected chi connectivity index (χ1v) is 8.44. The molecular weight excluding hydrogens is 264 g/mol. The zero-order chi connectivity index (χ0) is 14.8. The Bertz CT molecular complexity index is 367. The molecule has 2 heteroatoms. The maximum Gasteiger partial charge on any atom is 0.0598 e. The Morgan fingerprint density at radius 3 is 2.50 bits per heavy atom. The van der Waals surface area contributed by atoms with Crippen LogP contribution in [0.2, 0.25) is 0 Å². The van der Waals surface area contributed by atoms with E-state index in [0.717, 1.165) is 18.8 Å². The summed E-state index contributed by atoms with van der Waals surface area (Å²) in [6, 6.07) is 10.6. The average Bonchev–Trinajstić information content (AvgIpc) is 2.42. The van der Waals surface area contributed by atoms with Crippen LogP contribution in [0.4, 0.5) is 0 Å². The molecule has 0 bridgehead atoms. The van der Waals surface area contributed by atoms with Crippen LogP contribution < -0.4 is 0 Å². The first kappa shape index (κ1) is 17.3. The van der Waals surface area contributed by atoms with Crippen molar-refractivity contribution in [3.63, 3.8) is 0 Å². The lowest BCUT2D eigenvalue weighted by molar-refractivity contribution is -0.00486. The molecule has 0 heterocycles. The molecule has 0 aromatic heterocycles. The van der Waals surface area contributed by atoms with Crippen LogP contribution in [0, 0.1) is 5.92 Å². The number of hydrogen-bond acceptors (Lipinski definition) is 2. The van der Waals surface area contributed by atoms with Gasteiger partial charge in [-0.05, 0) is 51.7 Å². The van der Waals surface area contributed by atoms with Crippen LogP contribution in [-0.4, -0.2) is 18.0 Å². The van der Waals surface area contributed by atoms with Gasteiger partial charge in [-0.1, -0.05) is 30.7 Å². The molecule has 0 amide bonds. The van der Waals surface area contributed by atoms with Gasteiger partial charge in [0, 0.05) is 17.3 Å². The van der Waals surface area contributed by atoms with Gasteiger partial charge in [0.05, 0.1) is 5.60 Å². The van der Waals surface area contributed by atoms with E-state index in [1.165, 1.54) is 17.7 Å². The maximum atomic E-state index is 5.74. The van der Waals surface area contributed by atoms with Crippen LogP contribution in [0.15, 0.2) is 47.9 Å². The van der Waals surface area contributed by atoms with Crippen LogP contribution in [0.3, 0.4) is 0 Å². The lowest BCUT2D eigenvalue weighted by Crippen LogP contribution is -2.19. The quantitative estimate of drug-likeness (QED) is 0.334. The first-order chi connectivity index (χ1) is 9.51. The smallest absolute Gasteiger partial charge is 0.0598 e. The summed E-state index contributed by atoms with van der Waals surface area (Å²) in [5, 5.41) is 0. The summed E-state index contributed by atoms with van der Waals surface area (Å²) < 4.78 is 5.74. The summed E-state index contributed by atoms with van der Waals surface area (Å²) in [5.41, 5.74) is -0.0129. The van der Waals surface area contributed by atoms with Gasteiger partial charge < -0.3 is 4.74 Å². The molecule has 0 N–H and O–H groups in total. The highest BCUT2D eigenvalue weighted by Gasteiger charge is 2.10. The highest BCUT2D eigenvalue weighted by atomic mass is 32.2. The first-order valence-electron chi connectivity index (χ1n) is 7.45. The van der Waals surface area contributed by atoms with Gasteiger partial charge in [-0.2, -0.15) is 0 Å². The third-order valence-electron chi connectivity index (χ3n) is 3.04. The third-order valence-corrected chi connectivity index (χ3v) is 4.25. The minimum absolute atomic E-state index is 0.0129. The van der Waals surface area contributed by atoms with E-state index in [2.05, 4.69) is 63.8 Å². The van der Waals surface area contributed by atoms with Gasteiger partial charge >= 0.3 is 0 Å². The van der Waals surface area contributed by atoms with Crippen molar-refractivity contribution in [3.05, 3.63) is 43.0 Å². The summed E-state index contributed by atoms with van der Waals surface area (Å²) in [6.07, 6.45) is 5.65. The number of allylic oxidation sites excluding steroid dienone is 1. The summed E-state index contributed by atoms with van der Waals surface area (Å²) in [4.78, 5) is 1.34. The Balaban J connectivity index is 2.15. The molecule has 1 atom stereocenters. The van der Waals surface area contributed by atoms with Crippen molar-refractivity contribution in [2.75, 3.05) is 12.4 Å². The maximum absolute atomic E-state index is 5.74. The van der Waals surface area contributed by atoms with Crippen LogP contribution in [0.5, 0.6) is 0 Å². The van der Waals surface area contributed by atoms with Crippen LogP contribution >= 0.6 is 11.8 Å².